The number of piperidine rings is 1. The fourth-order valence-corrected chi connectivity index (χ4v) is 3.79. The summed E-state index contributed by atoms with van der Waals surface area (Å²) in [6.07, 6.45) is 5.30. The third kappa shape index (κ3) is 2.67. The molecule has 4 rings (SSSR count). The van der Waals surface area contributed by atoms with Gasteiger partial charge >= 0.3 is 0 Å². The van der Waals surface area contributed by atoms with Crippen molar-refractivity contribution in [1.29, 1.82) is 0 Å². The Morgan fingerprint density at radius 2 is 1.74 bits per heavy atom. The molecule has 0 bridgehead atoms. The van der Waals surface area contributed by atoms with Crippen molar-refractivity contribution in [2.24, 2.45) is 5.92 Å². The first-order valence-corrected chi connectivity index (χ1v) is 8.66. The second-order valence-corrected chi connectivity index (χ2v) is 6.96. The monoisotopic (exact) mass is 308 g/mol. The maximum Gasteiger partial charge on any atom is 0.138 e. The summed E-state index contributed by atoms with van der Waals surface area (Å²) in [5, 5.41) is 0. The highest BCUT2D eigenvalue weighted by Crippen LogP contribution is 2.37. The summed E-state index contributed by atoms with van der Waals surface area (Å²) in [6.45, 7) is 6.81. The van der Waals surface area contributed by atoms with E-state index in [0.29, 0.717) is 6.04 Å². The van der Waals surface area contributed by atoms with E-state index in [0.717, 1.165) is 37.1 Å². The Bertz CT molecular complexity index is 691. The zero-order valence-electron chi connectivity index (χ0n) is 13.9. The maximum atomic E-state index is 4.57. The SMILES string of the molecule is CC1CCN(c2cc(N3c4ccccc4CC3C)ncn2)CC1. The first-order chi connectivity index (χ1) is 11.2. The van der Waals surface area contributed by atoms with Crippen LogP contribution < -0.4 is 9.80 Å². The Labute approximate surface area is 138 Å². The molecule has 0 radical (unpaired) electrons. The minimum atomic E-state index is 0.441. The van der Waals surface area contributed by atoms with Crippen molar-refractivity contribution in [2.45, 2.75) is 39.2 Å². The normalized spacial score (nSPS) is 21.6. The Balaban J connectivity index is 1.64. The molecule has 23 heavy (non-hydrogen) atoms. The van der Waals surface area contributed by atoms with Crippen LogP contribution in [0, 0.1) is 5.92 Å². The number of hydrogen-bond acceptors (Lipinski definition) is 4. The molecule has 2 aliphatic rings. The van der Waals surface area contributed by atoms with Gasteiger partial charge in [0.05, 0.1) is 0 Å². The van der Waals surface area contributed by atoms with Gasteiger partial charge in [0, 0.05) is 30.9 Å². The molecular weight excluding hydrogens is 284 g/mol. The molecule has 0 spiro atoms. The van der Waals surface area contributed by atoms with Gasteiger partial charge in [-0.3, -0.25) is 0 Å². The fourth-order valence-electron chi connectivity index (χ4n) is 3.79. The van der Waals surface area contributed by atoms with E-state index in [-0.39, 0.29) is 0 Å². The van der Waals surface area contributed by atoms with Gasteiger partial charge in [0.15, 0.2) is 0 Å². The molecule has 1 atom stereocenters. The van der Waals surface area contributed by atoms with E-state index in [9.17, 15) is 0 Å². The van der Waals surface area contributed by atoms with Gasteiger partial charge in [0.1, 0.15) is 18.0 Å². The van der Waals surface area contributed by atoms with Crippen LogP contribution in [0.3, 0.4) is 0 Å². The highest BCUT2D eigenvalue weighted by atomic mass is 15.3. The summed E-state index contributed by atoms with van der Waals surface area (Å²) in [4.78, 5) is 13.9. The Morgan fingerprint density at radius 1 is 1.00 bits per heavy atom. The lowest BCUT2D eigenvalue weighted by Gasteiger charge is -2.32. The van der Waals surface area contributed by atoms with E-state index in [2.05, 4.69) is 63.9 Å². The van der Waals surface area contributed by atoms with Crippen LogP contribution in [0.5, 0.6) is 0 Å². The molecule has 2 aromatic rings. The van der Waals surface area contributed by atoms with Crippen LogP contribution >= 0.6 is 0 Å². The number of rotatable bonds is 2. The topological polar surface area (TPSA) is 32.3 Å². The van der Waals surface area contributed by atoms with Crippen molar-refractivity contribution in [3.05, 3.63) is 42.2 Å². The van der Waals surface area contributed by atoms with Crippen LogP contribution in [-0.2, 0) is 6.42 Å². The maximum absolute atomic E-state index is 4.57. The lowest BCUT2D eigenvalue weighted by atomic mass is 9.99. The van der Waals surface area contributed by atoms with Crippen molar-refractivity contribution < 1.29 is 0 Å². The van der Waals surface area contributed by atoms with Gasteiger partial charge in [-0.1, -0.05) is 25.1 Å². The van der Waals surface area contributed by atoms with Gasteiger partial charge in [-0.2, -0.15) is 0 Å². The van der Waals surface area contributed by atoms with E-state index >= 15 is 0 Å². The summed E-state index contributed by atoms with van der Waals surface area (Å²) in [7, 11) is 0. The Morgan fingerprint density at radius 3 is 2.57 bits per heavy atom. The molecule has 1 unspecified atom stereocenters. The van der Waals surface area contributed by atoms with Crippen LogP contribution in [0.4, 0.5) is 17.3 Å². The first kappa shape index (κ1) is 14.5. The lowest BCUT2D eigenvalue weighted by Crippen LogP contribution is -2.33. The predicted octanol–water partition coefficient (Wildman–Crippen LogP) is 3.80. The molecule has 4 heteroatoms. The second-order valence-electron chi connectivity index (χ2n) is 6.96. The van der Waals surface area contributed by atoms with E-state index in [1.165, 1.54) is 24.1 Å². The predicted molar refractivity (Wildman–Crippen MR) is 94.4 cm³/mol. The summed E-state index contributed by atoms with van der Waals surface area (Å²) < 4.78 is 0. The smallest absolute Gasteiger partial charge is 0.138 e. The minimum Gasteiger partial charge on any atom is -0.356 e. The van der Waals surface area contributed by atoms with Gasteiger partial charge in [-0.15, -0.1) is 0 Å². The molecular formula is C19H24N4. The van der Waals surface area contributed by atoms with Crippen molar-refractivity contribution >= 4 is 17.3 Å². The molecule has 0 amide bonds. The standard InChI is InChI=1S/C19H24N4/c1-14-7-9-22(10-8-14)18-12-19(21-13-20-18)23-15(2)11-16-5-3-4-6-17(16)23/h3-6,12-15H,7-11H2,1-2H3. The molecule has 0 aliphatic carbocycles. The summed E-state index contributed by atoms with van der Waals surface area (Å²) >= 11 is 0. The molecule has 4 nitrogen and oxygen atoms in total. The second kappa shape index (κ2) is 5.84. The van der Waals surface area contributed by atoms with Gasteiger partial charge < -0.3 is 9.80 Å². The molecule has 1 aromatic carbocycles. The molecule has 2 aliphatic heterocycles. The van der Waals surface area contributed by atoms with E-state index < -0.39 is 0 Å². The average Bonchev–Trinajstić information content (AvgIpc) is 2.91. The summed E-state index contributed by atoms with van der Waals surface area (Å²) in [6, 6.07) is 11.3. The summed E-state index contributed by atoms with van der Waals surface area (Å²) in [5.41, 5.74) is 2.70. The van der Waals surface area contributed by atoms with Crippen LogP contribution in [0.1, 0.15) is 32.3 Å². The van der Waals surface area contributed by atoms with Gasteiger partial charge in [-0.05, 0) is 43.7 Å². The number of benzene rings is 1. The molecule has 120 valence electrons. The number of nitrogens with zero attached hydrogens (tertiary/aromatic N) is 4. The molecule has 0 saturated carbocycles. The van der Waals surface area contributed by atoms with E-state index in [4.69, 9.17) is 0 Å². The molecule has 0 N–H and O–H groups in total. The van der Waals surface area contributed by atoms with Gasteiger partial charge in [-0.25, -0.2) is 9.97 Å². The third-order valence-electron chi connectivity index (χ3n) is 5.20. The van der Waals surface area contributed by atoms with Gasteiger partial charge in [0.25, 0.3) is 0 Å². The zero-order valence-corrected chi connectivity index (χ0v) is 13.9. The van der Waals surface area contributed by atoms with Crippen LogP contribution in [0.15, 0.2) is 36.7 Å². The third-order valence-corrected chi connectivity index (χ3v) is 5.20. The quantitative estimate of drug-likeness (QED) is 0.845. The first-order valence-electron chi connectivity index (χ1n) is 8.66. The average molecular weight is 308 g/mol. The number of hydrogen-bond donors (Lipinski definition) is 0. The van der Waals surface area contributed by atoms with Crippen LogP contribution in [-0.4, -0.2) is 29.1 Å². The van der Waals surface area contributed by atoms with Crippen molar-refractivity contribution in [2.75, 3.05) is 22.9 Å². The van der Waals surface area contributed by atoms with Gasteiger partial charge in [0.2, 0.25) is 0 Å². The number of para-hydroxylation sites is 1. The Kier molecular flexibility index (Phi) is 3.68. The molecule has 1 aromatic heterocycles. The molecule has 1 saturated heterocycles. The van der Waals surface area contributed by atoms with E-state index in [1.807, 2.05) is 0 Å². The fraction of sp³-hybridized carbons (Fsp3) is 0.474. The minimum absolute atomic E-state index is 0.441. The number of fused-ring (bicyclic) bond motifs is 1. The largest absolute Gasteiger partial charge is 0.356 e. The summed E-state index contributed by atoms with van der Waals surface area (Å²) in [5.74, 6) is 2.92. The van der Waals surface area contributed by atoms with Crippen molar-refractivity contribution in [3.8, 4) is 0 Å². The number of anilines is 3. The highest BCUT2D eigenvalue weighted by Gasteiger charge is 2.28. The van der Waals surface area contributed by atoms with Crippen molar-refractivity contribution in [3.63, 3.8) is 0 Å². The highest BCUT2D eigenvalue weighted by molar-refractivity contribution is 5.70. The van der Waals surface area contributed by atoms with Crippen LogP contribution in [0.2, 0.25) is 0 Å². The zero-order chi connectivity index (χ0) is 15.8. The van der Waals surface area contributed by atoms with Crippen LogP contribution in [0.25, 0.3) is 0 Å². The molecule has 1 fully saturated rings. The van der Waals surface area contributed by atoms with Crippen molar-refractivity contribution in [1.82, 2.24) is 9.97 Å². The van der Waals surface area contributed by atoms with E-state index in [1.54, 1.807) is 6.33 Å². The molecule has 3 heterocycles. The number of aromatic nitrogens is 2. The lowest BCUT2D eigenvalue weighted by molar-refractivity contribution is 0.436. The Hall–Kier alpha value is -2.10.